The average Bonchev–Trinajstić information content (AvgIpc) is 2.56. The molecule has 0 saturated carbocycles. The average molecular weight is 334 g/mol. The lowest BCUT2D eigenvalue weighted by atomic mass is 10.3. The van der Waals surface area contributed by atoms with Crippen molar-refractivity contribution < 1.29 is 9.47 Å². The number of para-hydroxylation sites is 2. The number of hydrogen-bond donors (Lipinski definition) is 0. The molecule has 0 aromatic heterocycles. The zero-order valence-corrected chi connectivity index (χ0v) is 15.3. The van der Waals surface area contributed by atoms with Crippen molar-refractivity contribution in [3.63, 3.8) is 0 Å². The van der Waals surface area contributed by atoms with Crippen LogP contribution in [0.3, 0.4) is 0 Å². The van der Waals surface area contributed by atoms with Crippen LogP contribution in [0.1, 0.15) is 0 Å². The molecule has 0 amide bonds. The van der Waals surface area contributed by atoms with Crippen molar-refractivity contribution in [2.24, 2.45) is 0 Å². The third-order valence-corrected chi connectivity index (χ3v) is 5.67. The Balaban J connectivity index is 2.01. The van der Waals surface area contributed by atoms with Gasteiger partial charge >= 0.3 is 0 Å². The van der Waals surface area contributed by atoms with Crippen LogP contribution in [0, 0.1) is 0 Å². The Morgan fingerprint density at radius 1 is 0.542 bits per heavy atom. The van der Waals surface area contributed by atoms with E-state index in [2.05, 4.69) is 19.6 Å². The van der Waals surface area contributed by atoms with Crippen LogP contribution in [0.4, 0.5) is 0 Å². The van der Waals surface area contributed by atoms with Gasteiger partial charge in [-0.25, -0.2) is 0 Å². The van der Waals surface area contributed by atoms with E-state index in [0.29, 0.717) is 0 Å². The molecule has 122 valence electrons. The van der Waals surface area contributed by atoms with E-state index in [1.54, 1.807) is 0 Å². The van der Waals surface area contributed by atoms with Gasteiger partial charge in [0, 0.05) is 5.19 Å². The molecular weight excluding hydrogens is 312 g/mol. The van der Waals surface area contributed by atoms with Crippen molar-refractivity contribution in [1.82, 2.24) is 0 Å². The van der Waals surface area contributed by atoms with Gasteiger partial charge in [0.2, 0.25) is 0 Å². The fraction of sp³-hybridized carbons (Fsp3) is 0.143. The first-order valence-electron chi connectivity index (χ1n) is 8.13. The number of hydrogen-bond acceptors (Lipinski definition) is 2. The summed E-state index contributed by atoms with van der Waals surface area (Å²) in [5.41, 5.74) is 0. The van der Waals surface area contributed by atoms with Gasteiger partial charge in [0.25, 0.3) is 0 Å². The second-order valence-electron chi connectivity index (χ2n) is 6.71. The fourth-order valence-corrected chi connectivity index (χ4v) is 4.40. The number of rotatable bonds is 5. The summed E-state index contributed by atoms with van der Waals surface area (Å²) >= 11 is 0. The Kier molecular flexibility index (Phi) is 4.72. The maximum absolute atomic E-state index is 6.17. The van der Waals surface area contributed by atoms with Crippen LogP contribution in [0.2, 0.25) is 19.6 Å². The van der Waals surface area contributed by atoms with Crippen molar-refractivity contribution in [2.45, 2.75) is 19.6 Å². The Bertz CT molecular complexity index is 733. The molecule has 0 N–H and O–H groups in total. The zero-order chi connectivity index (χ0) is 17.0. The zero-order valence-electron chi connectivity index (χ0n) is 14.3. The number of benzene rings is 3. The Morgan fingerprint density at radius 2 is 0.958 bits per heavy atom. The minimum atomic E-state index is -1.68. The first kappa shape index (κ1) is 16.3. The minimum Gasteiger partial charge on any atom is -0.457 e. The highest BCUT2D eigenvalue weighted by molar-refractivity contribution is 6.90. The minimum absolute atomic E-state index is 0.842. The van der Waals surface area contributed by atoms with E-state index >= 15 is 0 Å². The van der Waals surface area contributed by atoms with E-state index in [4.69, 9.17) is 9.47 Å². The topological polar surface area (TPSA) is 18.5 Å². The lowest BCUT2D eigenvalue weighted by Crippen LogP contribution is -2.39. The van der Waals surface area contributed by atoms with Crippen molar-refractivity contribution in [3.05, 3.63) is 78.9 Å². The van der Waals surface area contributed by atoms with E-state index in [-0.39, 0.29) is 0 Å². The molecule has 0 aliphatic heterocycles. The second-order valence-corrected chi connectivity index (χ2v) is 11.7. The molecule has 3 heteroatoms. The van der Waals surface area contributed by atoms with Gasteiger partial charge in [-0.05, 0) is 36.4 Å². The van der Waals surface area contributed by atoms with Gasteiger partial charge in [-0.2, -0.15) is 0 Å². The molecule has 0 fully saturated rings. The summed E-state index contributed by atoms with van der Waals surface area (Å²) in [7, 11) is -1.68. The Morgan fingerprint density at radius 3 is 1.33 bits per heavy atom. The van der Waals surface area contributed by atoms with E-state index in [1.807, 2.05) is 78.9 Å². The summed E-state index contributed by atoms with van der Waals surface area (Å²) in [4.78, 5) is 0. The maximum atomic E-state index is 6.17. The third-order valence-electron chi connectivity index (χ3n) is 3.68. The van der Waals surface area contributed by atoms with Gasteiger partial charge in [0.1, 0.15) is 23.0 Å². The standard InChI is InChI=1S/C21H22O2Si/c1-24(2,3)21-19(22-17-11-6-4-7-12-17)15-10-16-20(21)23-18-13-8-5-9-14-18/h4-16H,1-3H3. The van der Waals surface area contributed by atoms with E-state index in [1.165, 1.54) is 5.19 Å². The molecular formula is C21H22O2Si. The second kappa shape index (κ2) is 6.93. The van der Waals surface area contributed by atoms with Crippen LogP contribution >= 0.6 is 0 Å². The fourth-order valence-electron chi connectivity index (χ4n) is 2.65. The molecule has 0 heterocycles. The molecule has 24 heavy (non-hydrogen) atoms. The molecule has 2 nitrogen and oxygen atoms in total. The lowest BCUT2D eigenvalue weighted by molar-refractivity contribution is 0.466. The van der Waals surface area contributed by atoms with Crippen molar-refractivity contribution in [1.29, 1.82) is 0 Å². The Labute approximate surface area is 144 Å². The van der Waals surface area contributed by atoms with Crippen molar-refractivity contribution in [2.75, 3.05) is 0 Å². The van der Waals surface area contributed by atoms with Crippen molar-refractivity contribution in [3.8, 4) is 23.0 Å². The monoisotopic (exact) mass is 334 g/mol. The summed E-state index contributed by atoms with van der Waals surface area (Å²) in [5, 5.41) is 1.19. The van der Waals surface area contributed by atoms with E-state index in [9.17, 15) is 0 Å². The van der Waals surface area contributed by atoms with Gasteiger partial charge in [-0.3, -0.25) is 0 Å². The molecule has 0 spiro atoms. The molecule has 3 aromatic rings. The summed E-state index contributed by atoms with van der Waals surface area (Å²) < 4.78 is 12.3. The number of ether oxygens (including phenoxy) is 2. The van der Waals surface area contributed by atoms with Gasteiger partial charge in [0.15, 0.2) is 0 Å². The molecule has 0 aliphatic rings. The molecule has 3 rings (SSSR count). The highest BCUT2D eigenvalue weighted by atomic mass is 28.3. The smallest absolute Gasteiger partial charge is 0.130 e. The van der Waals surface area contributed by atoms with Gasteiger partial charge in [-0.15, -0.1) is 0 Å². The predicted molar refractivity (Wildman–Crippen MR) is 102 cm³/mol. The SMILES string of the molecule is C[Si](C)(C)c1c(Oc2ccccc2)cccc1Oc1ccccc1. The normalized spacial score (nSPS) is 11.1. The Hall–Kier alpha value is -2.52. The van der Waals surface area contributed by atoms with Crippen LogP contribution in [0.25, 0.3) is 0 Å². The van der Waals surface area contributed by atoms with E-state index in [0.717, 1.165) is 23.0 Å². The van der Waals surface area contributed by atoms with Crippen LogP contribution in [0.15, 0.2) is 78.9 Å². The molecule has 0 radical (unpaired) electrons. The largest absolute Gasteiger partial charge is 0.457 e. The van der Waals surface area contributed by atoms with Crippen LogP contribution in [-0.4, -0.2) is 8.07 Å². The van der Waals surface area contributed by atoms with Crippen LogP contribution < -0.4 is 14.7 Å². The highest BCUT2D eigenvalue weighted by Gasteiger charge is 2.26. The van der Waals surface area contributed by atoms with Gasteiger partial charge in [0.05, 0.1) is 8.07 Å². The summed E-state index contributed by atoms with van der Waals surface area (Å²) in [6, 6.07) is 25.8. The third kappa shape index (κ3) is 3.87. The first-order valence-corrected chi connectivity index (χ1v) is 11.6. The summed E-state index contributed by atoms with van der Waals surface area (Å²) in [5.74, 6) is 3.45. The lowest BCUT2D eigenvalue weighted by Gasteiger charge is -2.24. The predicted octanol–water partition coefficient (Wildman–Crippen LogP) is 5.82. The molecule has 0 aliphatic carbocycles. The molecule has 0 atom stereocenters. The maximum Gasteiger partial charge on any atom is 0.130 e. The highest BCUT2D eigenvalue weighted by Crippen LogP contribution is 2.29. The summed E-state index contributed by atoms with van der Waals surface area (Å²) in [6.45, 7) is 6.91. The first-order chi connectivity index (χ1) is 11.5. The summed E-state index contributed by atoms with van der Waals surface area (Å²) in [6.07, 6.45) is 0. The van der Waals surface area contributed by atoms with Crippen molar-refractivity contribution >= 4 is 13.3 Å². The molecule has 0 unspecified atom stereocenters. The molecule has 0 saturated heterocycles. The van der Waals surface area contributed by atoms with E-state index < -0.39 is 8.07 Å². The van der Waals surface area contributed by atoms with Gasteiger partial charge in [-0.1, -0.05) is 62.1 Å². The van der Waals surface area contributed by atoms with Gasteiger partial charge < -0.3 is 9.47 Å². The van der Waals surface area contributed by atoms with Crippen LogP contribution in [0.5, 0.6) is 23.0 Å². The van der Waals surface area contributed by atoms with Crippen LogP contribution in [-0.2, 0) is 0 Å². The quantitative estimate of drug-likeness (QED) is 0.548. The molecule has 3 aromatic carbocycles. The molecule has 0 bridgehead atoms.